The molecule has 1 atom stereocenters. The third kappa shape index (κ3) is 7.70. The fourth-order valence-corrected chi connectivity index (χ4v) is 8.10. The normalized spacial score (nSPS) is 20.8. The molecule has 2 aromatic carbocycles. The number of amides is 4. The van der Waals surface area contributed by atoms with E-state index in [4.69, 9.17) is 11.6 Å². The van der Waals surface area contributed by atoms with E-state index in [0.717, 1.165) is 49.7 Å². The Morgan fingerprint density at radius 2 is 1.60 bits per heavy atom. The Hall–Kier alpha value is -3.51. The fourth-order valence-electron chi connectivity index (χ4n) is 7.86. The molecular weight excluding hydrogens is 647 g/mol. The van der Waals surface area contributed by atoms with Crippen LogP contribution in [0.15, 0.2) is 36.4 Å². The van der Waals surface area contributed by atoms with Crippen molar-refractivity contribution in [2.45, 2.75) is 76.0 Å². The molecule has 6 rings (SSSR count). The Kier molecular flexibility index (Phi) is 10.4. The number of aromatic hydroxyl groups is 1. The number of halogens is 4. The Labute approximate surface area is 284 Å². The molecule has 3 fully saturated rings. The number of carbonyl (C=O) groups is 3. The number of para-hydroxylation sites is 1. The molecule has 2 saturated heterocycles. The average Bonchev–Trinajstić information content (AvgIpc) is 3.56. The lowest BCUT2D eigenvalue weighted by Crippen LogP contribution is -2.53. The van der Waals surface area contributed by atoms with E-state index in [1.807, 2.05) is 29.2 Å². The lowest BCUT2D eigenvalue weighted by atomic mass is 9.92. The van der Waals surface area contributed by atoms with Crippen LogP contribution in [0.1, 0.15) is 61.6 Å². The van der Waals surface area contributed by atoms with E-state index in [-0.39, 0.29) is 42.3 Å². The van der Waals surface area contributed by atoms with Crippen molar-refractivity contribution in [1.82, 2.24) is 19.6 Å². The number of benzene rings is 2. The molecular formula is C35H43ClF3N5O4. The number of alkyl halides is 3. The standard InChI is InChI=1S/C35H43ClF3N5O4/c36-29-21-23(20-28(32(29)46)35(37,38)39)19-25(33(47)43-17-15-41(16-18-43)26-6-2-3-7-26)22-31(45)42-12-10-27(11-13-42)44-14-9-24-5-1-4-8-30(24)40-34(44)48/h1,4-5,8,20-21,25-27,46H,2-3,6-7,9-19,22H2,(H,40,48)/t25-/m0/s1. The molecule has 0 unspecified atom stereocenters. The van der Waals surface area contributed by atoms with Crippen molar-refractivity contribution in [2.75, 3.05) is 51.1 Å². The Morgan fingerprint density at radius 3 is 2.29 bits per heavy atom. The van der Waals surface area contributed by atoms with Gasteiger partial charge in [0.15, 0.2) is 0 Å². The molecule has 0 aromatic heterocycles. The van der Waals surface area contributed by atoms with Crippen LogP contribution in [-0.2, 0) is 28.6 Å². The third-order valence-electron chi connectivity index (χ3n) is 10.5. The maximum atomic E-state index is 14.0. The van der Waals surface area contributed by atoms with Crippen LogP contribution in [0.5, 0.6) is 5.75 Å². The second-order valence-corrected chi connectivity index (χ2v) is 13.9. The van der Waals surface area contributed by atoms with E-state index < -0.39 is 28.4 Å². The third-order valence-corrected chi connectivity index (χ3v) is 10.8. The van der Waals surface area contributed by atoms with Crippen LogP contribution < -0.4 is 5.32 Å². The number of phenols is 1. The summed E-state index contributed by atoms with van der Waals surface area (Å²) < 4.78 is 41.1. The zero-order valence-corrected chi connectivity index (χ0v) is 27.7. The second-order valence-electron chi connectivity index (χ2n) is 13.5. The lowest BCUT2D eigenvalue weighted by Gasteiger charge is -2.40. The molecule has 4 aliphatic rings. The Bertz CT molecular complexity index is 1500. The summed E-state index contributed by atoms with van der Waals surface area (Å²) in [6.45, 7) is 3.83. The maximum Gasteiger partial charge on any atom is 0.420 e. The molecule has 4 amide bonds. The smallest absolute Gasteiger partial charge is 0.420 e. The second kappa shape index (κ2) is 14.5. The van der Waals surface area contributed by atoms with E-state index in [9.17, 15) is 32.7 Å². The van der Waals surface area contributed by atoms with E-state index in [2.05, 4.69) is 10.2 Å². The molecule has 9 nitrogen and oxygen atoms in total. The summed E-state index contributed by atoms with van der Waals surface area (Å²) in [6, 6.07) is 10.1. The van der Waals surface area contributed by atoms with Crippen LogP contribution in [0, 0.1) is 5.92 Å². The number of fused-ring (bicyclic) bond motifs is 1. The predicted molar refractivity (Wildman–Crippen MR) is 176 cm³/mol. The maximum absolute atomic E-state index is 14.0. The molecule has 1 aliphatic carbocycles. The van der Waals surface area contributed by atoms with Crippen molar-refractivity contribution >= 4 is 35.1 Å². The first-order valence-corrected chi connectivity index (χ1v) is 17.4. The minimum atomic E-state index is -4.84. The van der Waals surface area contributed by atoms with Gasteiger partial charge in [0.25, 0.3) is 0 Å². The van der Waals surface area contributed by atoms with E-state index in [0.29, 0.717) is 51.6 Å². The number of carbonyl (C=O) groups excluding carboxylic acids is 3. The largest absolute Gasteiger partial charge is 0.506 e. The summed E-state index contributed by atoms with van der Waals surface area (Å²) in [5.41, 5.74) is 0.752. The molecule has 0 bridgehead atoms. The topological polar surface area (TPSA) is 96.4 Å². The number of piperidine rings is 1. The summed E-state index contributed by atoms with van der Waals surface area (Å²) in [4.78, 5) is 48.4. The van der Waals surface area contributed by atoms with Crippen molar-refractivity contribution in [3.63, 3.8) is 0 Å². The molecule has 1 saturated carbocycles. The average molecular weight is 690 g/mol. The highest BCUT2D eigenvalue weighted by atomic mass is 35.5. The molecule has 3 heterocycles. The van der Waals surface area contributed by atoms with E-state index in [1.54, 1.807) is 9.80 Å². The lowest BCUT2D eigenvalue weighted by molar-refractivity contribution is -0.143. The number of urea groups is 1. The highest BCUT2D eigenvalue weighted by molar-refractivity contribution is 6.32. The highest BCUT2D eigenvalue weighted by Gasteiger charge is 2.38. The van der Waals surface area contributed by atoms with Gasteiger partial charge in [0, 0.05) is 70.0 Å². The van der Waals surface area contributed by atoms with Crippen molar-refractivity contribution in [2.24, 2.45) is 5.92 Å². The van der Waals surface area contributed by atoms with Crippen LogP contribution in [0.4, 0.5) is 23.7 Å². The molecule has 2 aromatic rings. The number of phenolic OH excluding ortho intramolecular Hbond substituents is 1. The first-order chi connectivity index (χ1) is 23.0. The van der Waals surface area contributed by atoms with Crippen molar-refractivity contribution in [1.29, 1.82) is 0 Å². The number of anilines is 1. The van der Waals surface area contributed by atoms with Gasteiger partial charge in [-0.05, 0) is 67.9 Å². The van der Waals surface area contributed by atoms with Crippen LogP contribution >= 0.6 is 11.6 Å². The van der Waals surface area contributed by atoms with E-state index >= 15 is 0 Å². The quantitative estimate of drug-likeness (QED) is 0.384. The summed E-state index contributed by atoms with van der Waals surface area (Å²) in [7, 11) is 0. The monoisotopic (exact) mass is 689 g/mol. The van der Waals surface area contributed by atoms with E-state index in [1.165, 1.54) is 18.9 Å². The highest BCUT2D eigenvalue weighted by Crippen LogP contribution is 2.41. The molecule has 13 heteroatoms. The Morgan fingerprint density at radius 1 is 0.917 bits per heavy atom. The first kappa shape index (κ1) is 34.4. The number of piperazine rings is 1. The van der Waals surface area contributed by atoms with Crippen LogP contribution in [0.25, 0.3) is 0 Å². The zero-order valence-electron chi connectivity index (χ0n) is 27.0. The van der Waals surface area contributed by atoms with Crippen molar-refractivity contribution in [3.05, 3.63) is 58.1 Å². The number of rotatable bonds is 7. The minimum absolute atomic E-state index is 0.0446. The summed E-state index contributed by atoms with van der Waals surface area (Å²) in [5, 5.41) is 12.6. The summed E-state index contributed by atoms with van der Waals surface area (Å²) in [6.07, 6.45) is 1.49. The van der Waals surface area contributed by atoms with Gasteiger partial charge >= 0.3 is 12.2 Å². The molecule has 48 heavy (non-hydrogen) atoms. The number of nitrogens with one attached hydrogen (secondary N) is 1. The van der Waals surface area contributed by atoms with Gasteiger partial charge in [-0.1, -0.05) is 42.6 Å². The number of likely N-dealkylation sites (tertiary alicyclic amines) is 1. The van der Waals surface area contributed by atoms with Gasteiger partial charge < -0.3 is 25.1 Å². The van der Waals surface area contributed by atoms with Gasteiger partial charge in [-0.15, -0.1) is 0 Å². The number of nitrogens with zero attached hydrogens (tertiary/aromatic N) is 4. The van der Waals surface area contributed by atoms with Crippen LogP contribution in [-0.4, -0.2) is 100 Å². The minimum Gasteiger partial charge on any atom is -0.506 e. The van der Waals surface area contributed by atoms with Crippen molar-refractivity contribution < 1.29 is 32.7 Å². The van der Waals surface area contributed by atoms with Crippen LogP contribution in [0.2, 0.25) is 5.02 Å². The molecule has 0 radical (unpaired) electrons. The van der Waals surface area contributed by atoms with Gasteiger partial charge in [-0.3, -0.25) is 14.5 Å². The van der Waals surface area contributed by atoms with Crippen LogP contribution in [0.3, 0.4) is 0 Å². The Balaban J connectivity index is 1.12. The fraction of sp³-hybridized carbons (Fsp3) is 0.571. The van der Waals surface area contributed by atoms with Gasteiger partial charge in [0.2, 0.25) is 11.8 Å². The van der Waals surface area contributed by atoms with Gasteiger partial charge in [0.1, 0.15) is 5.75 Å². The van der Waals surface area contributed by atoms with Gasteiger partial charge in [-0.25, -0.2) is 4.79 Å². The molecule has 260 valence electrons. The zero-order chi connectivity index (χ0) is 34.0. The predicted octanol–water partition coefficient (Wildman–Crippen LogP) is 5.78. The SMILES string of the molecule is O=C(C[C@H](Cc1cc(Cl)c(O)c(C(F)(F)F)c1)C(=O)N1CCN(C2CCCC2)CC1)N1CCC(N2CCc3ccccc3NC2=O)CC1. The summed E-state index contributed by atoms with van der Waals surface area (Å²) in [5.74, 6) is -2.46. The molecule has 2 N–H and O–H groups in total. The van der Waals surface area contributed by atoms with Gasteiger partial charge in [-0.2, -0.15) is 13.2 Å². The molecule has 0 spiro atoms. The molecule has 3 aliphatic heterocycles. The van der Waals surface area contributed by atoms with Crippen molar-refractivity contribution in [3.8, 4) is 5.75 Å². The van der Waals surface area contributed by atoms with Gasteiger partial charge in [0.05, 0.1) is 16.5 Å². The first-order valence-electron chi connectivity index (χ1n) is 17.0. The summed E-state index contributed by atoms with van der Waals surface area (Å²) >= 11 is 6.01. The number of hydrogen-bond acceptors (Lipinski definition) is 5. The number of hydrogen-bond donors (Lipinski definition) is 2.